The van der Waals surface area contributed by atoms with Crippen molar-refractivity contribution in [2.24, 2.45) is 5.41 Å². The number of rotatable bonds is 15. The lowest BCUT2D eigenvalue weighted by molar-refractivity contribution is 0.152. The van der Waals surface area contributed by atoms with E-state index in [1.807, 2.05) is 0 Å². The molecule has 1 aromatic carbocycles. The third-order valence-corrected chi connectivity index (χ3v) is 7.63. The first-order valence-corrected chi connectivity index (χ1v) is 13.3. The lowest BCUT2D eigenvalue weighted by Gasteiger charge is -2.38. The minimum Gasteiger partial charge on any atom is -0.0654 e. The molecule has 0 spiro atoms. The zero-order valence-electron chi connectivity index (χ0n) is 20.2. The van der Waals surface area contributed by atoms with Crippen LogP contribution < -0.4 is 0 Å². The van der Waals surface area contributed by atoms with Crippen molar-refractivity contribution in [3.05, 3.63) is 34.9 Å². The number of hydrogen-bond donors (Lipinski definition) is 0. The Morgan fingerprint density at radius 1 is 0.690 bits per heavy atom. The molecule has 0 atom stereocenters. The van der Waals surface area contributed by atoms with Crippen LogP contribution >= 0.6 is 0 Å². The number of unbranched alkanes of at least 4 members (excludes halogenated alkanes) is 8. The van der Waals surface area contributed by atoms with Crippen molar-refractivity contribution in [3.63, 3.8) is 0 Å². The van der Waals surface area contributed by atoms with Crippen LogP contribution in [0.3, 0.4) is 0 Å². The van der Waals surface area contributed by atoms with Gasteiger partial charge >= 0.3 is 0 Å². The van der Waals surface area contributed by atoms with Gasteiger partial charge in [0.25, 0.3) is 0 Å². The van der Waals surface area contributed by atoms with E-state index in [0.29, 0.717) is 5.41 Å². The van der Waals surface area contributed by atoms with E-state index in [4.69, 9.17) is 0 Å². The molecule has 0 amide bonds. The molecule has 0 heteroatoms. The minimum absolute atomic E-state index is 0.664. The van der Waals surface area contributed by atoms with Crippen molar-refractivity contribution in [1.29, 1.82) is 0 Å². The Morgan fingerprint density at radius 3 is 2.03 bits per heavy atom. The van der Waals surface area contributed by atoms with E-state index in [9.17, 15) is 0 Å². The largest absolute Gasteiger partial charge is 0.0654 e. The first kappa shape index (κ1) is 24.5. The molecule has 0 unspecified atom stereocenters. The standard InChI is InChI=1S/C29H50/c1-4-6-8-9-10-11-13-17-28-19-18-27(25-26(28)3)20-24-29(21-14-7-5-2)22-15-12-16-23-29/h18-19,25H,4-17,20-24H2,1-3H3. The summed E-state index contributed by atoms with van der Waals surface area (Å²) < 4.78 is 0. The summed E-state index contributed by atoms with van der Waals surface area (Å²) in [6.07, 6.45) is 27.0. The van der Waals surface area contributed by atoms with Gasteiger partial charge in [-0.15, -0.1) is 0 Å². The summed E-state index contributed by atoms with van der Waals surface area (Å²) in [7, 11) is 0. The maximum absolute atomic E-state index is 2.51. The van der Waals surface area contributed by atoms with Gasteiger partial charge in [0.05, 0.1) is 0 Å². The molecule has 0 nitrogen and oxygen atoms in total. The third-order valence-electron chi connectivity index (χ3n) is 7.63. The van der Waals surface area contributed by atoms with Crippen LogP contribution in [0.4, 0.5) is 0 Å². The molecule has 1 aliphatic carbocycles. The second-order valence-electron chi connectivity index (χ2n) is 10.1. The molecule has 1 fully saturated rings. The molecule has 0 aliphatic heterocycles. The van der Waals surface area contributed by atoms with Gasteiger partial charge in [0.1, 0.15) is 0 Å². The van der Waals surface area contributed by atoms with Crippen molar-refractivity contribution < 1.29 is 0 Å². The molecule has 29 heavy (non-hydrogen) atoms. The molecule has 1 aliphatic rings. The van der Waals surface area contributed by atoms with Gasteiger partial charge in [-0.1, -0.05) is 109 Å². The summed E-state index contributed by atoms with van der Waals surface area (Å²) in [4.78, 5) is 0. The molecule has 0 bridgehead atoms. The number of benzene rings is 1. The van der Waals surface area contributed by atoms with Crippen LogP contribution in [0.2, 0.25) is 0 Å². The zero-order valence-corrected chi connectivity index (χ0v) is 20.2. The van der Waals surface area contributed by atoms with Gasteiger partial charge in [0.2, 0.25) is 0 Å². The van der Waals surface area contributed by atoms with Gasteiger partial charge in [0.15, 0.2) is 0 Å². The Labute approximate surface area is 183 Å². The van der Waals surface area contributed by atoms with Crippen LogP contribution in [0, 0.1) is 12.3 Å². The molecule has 0 N–H and O–H groups in total. The van der Waals surface area contributed by atoms with Gasteiger partial charge < -0.3 is 0 Å². The third kappa shape index (κ3) is 9.27. The van der Waals surface area contributed by atoms with E-state index in [2.05, 4.69) is 39.0 Å². The smallest absolute Gasteiger partial charge is 0.0273 e. The zero-order chi connectivity index (χ0) is 20.8. The Balaban J connectivity index is 1.78. The molecule has 1 saturated carbocycles. The van der Waals surface area contributed by atoms with Crippen molar-refractivity contribution in [1.82, 2.24) is 0 Å². The second kappa shape index (κ2) is 14.3. The van der Waals surface area contributed by atoms with Crippen LogP contribution in [0.25, 0.3) is 0 Å². The van der Waals surface area contributed by atoms with E-state index in [1.165, 1.54) is 128 Å². The van der Waals surface area contributed by atoms with Crippen molar-refractivity contribution in [2.75, 3.05) is 0 Å². The molecule has 0 heterocycles. The fraction of sp³-hybridized carbons (Fsp3) is 0.793. The summed E-state index contributed by atoms with van der Waals surface area (Å²) in [5.74, 6) is 0. The fourth-order valence-electron chi connectivity index (χ4n) is 5.55. The summed E-state index contributed by atoms with van der Waals surface area (Å²) in [6, 6.07) is 7.41. The molecule has 0 saturated heterocycles. The fourth-order valence-corrected chi connectivity index (χ4v) is 5.55. The highest BCUT2D eigenvalue weighted by Crippen LogP contribution is 2.44. The predicted octanol–water partition coefficient (Wildman–Crippen LogP) is 9.75. The van der Waals surface area contributed by atoms with Gasteiger partial charge in [-0.2, -0.15) is 0 Å². The second-order valence-corrected chi connectivity index (χ2v) is 10.1. The number of hydrogen-bond acceptors (Lipinski definition) is 0. The normalized spacial score (nSPS) is 16.2. The highest BCUT2D eigenvalue weighted by Gasteiger charge is 2.30. The SMILES string of the molecule is CCCCCCCCCc1ccc(CCC2(CCCCC)CCCCC2)cc1C. The van der Waals surface area contributed by atoms with E-state index in [-0.39, 0.29) is 0 Å². The molecule has 0 aromatic heterocycles. The van der Waals surface area contributed by atoms with E-state index < -0.39 is 0 Å². The minimum atomic E-state index is 0.664. The van der Waals surface area contributed by atoms with Gasteiger partial charge in [0, 0.05) is 0 Å². The van der Waals surface area contributed by atoms with Crippen LogP contribution in [0.5, 0.6) is 0 Å². The molecule has 2 rings (SSSR count). The average Bonchev–Trinajstić information content (AvgIpc) is 2.74. The average molecular weight is 399 g/mol. The lowest BCUT2D eigenvalue weighted by Crippen LogP contribution is -2.25. The quantitative estimate of drug-likeness (QED) is 0.258. The van der Waals surface area contributed by atoms with E-state index >= 15 is 0 Å². The summed E-state index contributed by atoms with van der Waals surface area (Å²) in [6.45, 7) is 6.98. The lowest BCUT2D eigenvalue weighted by atomic mass is 9.68. The molecule has 166 valence electrons. The number of aryl methyl sites for hydroxylation is 3. The summed E-state index contributed by atoms with van der Waals surface area (Å²) in [5.41, 5.74) is 5.39. The van der Waals surface area contributed by atoms with Gasteiger partial charge in [-0.05, 0) is 74.0 Å². The topological polar surface area (TPSA) is 0 Å². The Hall–Kier alpha value is -0.780. The Kier molecular flexibility index (Phi) is 12.0. The maximum Gasteiger partial charge on any atom is -0.0273 e. The first-order valence-electron chi connectivity index (χ1n) is 13.3. The molecular weight excluding hydrogens is 348 g/mol. The Morgan fingerprint density at radius 2 is 1.34 bits per heavy atom. The highest BCUT2D eigenvalue weighted by molar-refractivity contribution is 5.31. The van der Waals surface area contributed by atoms with Gasteiger partial charge in [-0.3, -0.25) is 0 Å². The van der Waals surface area contributed by atoms with Crippen molar-refractivity contribution >= 4 is 0 Å². The van der Waals surface area contributed by atoms with E-state index in [0.717, 1.165) is 0 Å². The van der Waals surface area contributed by atoms with Crippen LogP contribution in [-0.2, 0) is 12.8 Å². The molecule has 0 radical (unpaired) electrons. The molecule has 1 aromatic rings. The molecular formula is C29H50. The van der Waals surface area contributed by atoms with Crippen LogP contribution in [0.1, 0.15) is 140 Å². The highest BCUT2D eigenvalue weighted by atomic mass is 14.4. The van der Waals surface area contributed by atoms with Crippen LogP contribution in [-0.4, -0.2) is 0 Å². The maximum atomic E-state index is 2.51. The Bertz CT molecular complexity index is 535. The van der Waals surface area contributed by atoms with Crippen molar-refractivity contribution in [2.45, 2.75) is 143 Å². The van der Waals surface area contributed by atoms with E-state index in [1.54, 1.807) is 11.1 Å². The monoisotopic (exact) mass is 398 g/mol. The van der Waals surface area contributed by atoms with Gasteiger partial charge in [-0.25, -0.2) is 0 Å². The van der Waals surface area contributed by atoms with Crippen molar-refractivity contribution in [3.8, 4) is 0 Å². The summed E-state index contributed by atoms with van der Waals surface area (Å²) >= 11 is 0. The summed E-state index contributed by atoms with van der Waals surface area (Å²) in [5, 5.41) is 0. The predicted molar refractivity (Wildman–Crippen MR) is 131 cm³/mol. The van der Waals surface area contributed by atoms with Crippen LogP contribution in [0.15, 0.2) is 18.2 Å². The first-order chi connectivity index (χ1) is 14.2.